The molecule has 0 aliphatic heterocycles. The van der Waals surface area contributed by atoms with Gasteiger partial charge < -0.3 is 18.9 Å². The van der Waals surface area contributed by atoms with Gasteiger partial charge in [-0.15, -0.1) is 0 Å². The molecule has 9 rings (SSSR count). The molecule has 0 N–H and O–H groups in total. The Kier molecular flexibility index (Phi) is 10.9. The largest absolute Gasteiger partial charge is 0.453 e. The summed E-state index contributed by atoms with van der Waals surface area (Å²) in [6, 6.07) is 12.6. The van der Waals surface area contributed by atoms with E-state index in [1.54, 1.807) is 0 Å². The predicted molar refractivity (Wildman–Crippen MR) is 202 cm³/mol. The zero-order valence-corrected chi connectivity index (χ0v) is 32.4. The first-order valence-corrected chi connectivity index (χ1v) is 18.5. The quantitative estimate of drug-likeness (QED) is 0.0864. The molecule has 68 heavy (non-hydrogen) atoms. The van der Waals surface area contributed by atoms with Crippen LogP contribution in [0.3, 0.4) is 0 Å². The van der Waals surface area contributed by atoms with Gasteiger partial charge in [0.15, 0.2) is 81.3 Å². The van der Waals surface area contributed by atoms with Crippen LogP contribution in [0, 0.1) is 105 Å². The second-order valence-electron chi connectivity index (χ2n) is 14.2. The maximum Gasteiger partial charge on any atom is 0.208 e. The third-order valence-electron chi connectivity index (χ3n) is 10.2. The summed E-state index contributed by atoms with van der Waals surface area (Å²) in [5.41, 5.74) is 0. The number of fused-ring (bicyclic) bond motifs is 4. The van der Waals surface area contributed by atoms with Gasteiger partial charge in [-0.25, -0.2) is 52.7 Å². The molecule has 0 saturated carbocycles. The van der Waals surface area contributed by atoms with Crippen LogP contribution >= 0.6 is 0 Å². The number of rotatable bonds is 8. The lowest BCUT2D eigenvalue weighted by molar-refractivity contribution is 0.330. The zero-order valence-electron chi connectivity index (χ0n) is 32.4. The van der Waals surface area contributed by atoms with Crippen LogP contribution in [-0.2, 0) is 0 Å². The Morgan fingerprint density at radius 2 is 0.397 bits per heavy atom. The van der Waals surface area contributed by atoms with Crippen LogP contribution < -0.4 is 18.9 Å². The maximum atomic E-state index is 15.5. The first-order valence-electron chi connectivity index (χ1n) is 18.5. The summed E-state index contributed by atoms with van der Waals surface area (Å²) in [4.78, 5) is 0. The van der Waals surface area contributed by atoms with E-state index in [2.05, 4.69) is 0 Å². The van der Waals surface area contributed by atoms with Gasteiger partial charge in [-0.1, -0.05) is 24.3 Å². The van der Waals surface area contributed by atoms with Gasteiger partial charge >= 0.3 is 0 Å². The zero-order chi connectivity index (χ0) is 48.9. The molecule has 9 aromatic rings. The number of hydrogen-bond acceptors (Lipinski definition) is 4. The summed E-state index contributed by atoms with van der Waals surface area (Å²) in [6.45, 7) is 0. The minimum atomic E-state index is -2.54. The van der Waals surface area contributed by atoms with Crippen molar-refractivity contribution in [3.63, 3.8) is 0 Å². The van der Waals surface area contributed by atoms with Crippen LogP contribution in [0.5, 0.6) is 46.0 Å². The fraction of sp³-hybridized carbons (Fsp3) is 0. The van der Waals surface area contributed by atoms with Gasteiger partial charge in [0, 0.05) is 0 Å². The summed E-state index contributed by atoms with van der Waals surface area (Å²) < 4.78 is 284. The lowest BCUT2D eigenvalue weighted by Crippen LogP contribution is -2.06. The van der Waals surface area contributed by atoms with Crippen molar-refractivity contribution in [3.05, 3.63) is 178 Å². The van der Waals surface area contributed by atoms with Gasteiger partial charge in [-0.3, -0.25) is 0 Å². The Morgan fingerprint density at radius 1 is 0.191 bits per heavy atom. The first-order chi connectivity index (χ1) is 32.2. The molecular weight excluding hydrogens is 958 g/mol. The first kappa shape index (κ1) is 45.1. The molecule has 0 spiro atoms. The highest BCUT2D eigenvalue weighted by molar-refractivity contribution is 5.93. The third kappa shape index (κ3) is 7.00. The minimum Gasteiger partial charge on any atom is -0.453 e. The second-order valence-corrected chi connectivity index (χ2v) is 14.2. The van der Waals surface area contributed by atoms with Crippen molar-refractivity contribution < 1.29 is 98.0 Å². The van der Waals surface area contributed by atoms with Crippen LogP contribution in [0.4, 0.5) is 79.0 Å². The molecule has 0 radical (unpaired) electrons. The molecular formula is C46H12F18O4. The second kappa shape index (κ2) is 16.4. The molecule has 0 bridgehead atoms. The summed E-state index contributed by atoms with van der Waals surface area (Å²) in [5, 5.41) is -6.74. The third-order valence-corrected chi connectivity index (χ3v) is 10.2. The Bertz CT molecular complexity index is 3410. The Labute approximate surface area is 364 Å². The molecule has 0 saturated heterocycles. The Balaban J connectivity index is 1.01. The van der Waals surface area contributed by atoms with Crippen molar-refractivity contribution in [3.8, 4) is 46.0 Å². The molecule has 0 unspecified atom stereocenters. The van der Waals surface area contributed by atoms with E-state index in [0.717, 1.165) is 48.5 Å². The maximum absolute atomic E-state index is 15.5. The van der Waals surface area contributed by atoms with Gasteiger partial charge in [0.2, 0.25) is 46.4 Å². The highest BCUT2D eigenvalue weighted by Gasteiger charge is 2.34. The van der Waals surface area contributed by atoms with E-state index in [1.165, 1.54) is 24.3 Å². The lowest BCUT2D eigenvalue weighted by Gasteiger charge is -2.15. The van der Waals surface area contributed by atoms with Crippen molar-refractivity contribution in [2.75, 3.05) is 0 Å². The van der Waals surface area contributed by atoms with E-state index in [0.29, 0.717) is 0 Å². The molecule has 0 fully saturated rings. The van der Waals surface area contributed by atoms with Crippen molar-refractivity contribution in [1.82, 2.24) is 0 Å². The average molecular weight is 971 g/mol. The van der Waals surface area contributed by atoms with Gasteiger partial charge in [0.1, 0.15) is 23.0 Å². The topological polar surface area (TPSA) is 36.9 Å². The van der Waals surface area contributed by atoms with Crippen molar-refractivity contribution in [1.29, 1.82) is 0 Å². The van der Waals surface area contributed by atoms with E-state index in [4.69, 9.17) is 18.9 Å². The summed E-state index contributed by atoms with van der Waals surface area (Å²) in [5.74, 6) is -51.6. The van der Waals surface area contributed by atoms with E-state index >= 15 is 17.6 Å². The molecule has 0 aromatic heterocycles. The number of ether oxygens (including phenoxy) is 4. The monoisotopic (exact) mass is 970 g/mol. The van der Waals surface area contributed by atoms with Crippen LogP contribution in [0.2, 0.25) is 0 Å². The van der Waals surface area contributed by atoms with Crippen LogP contribution in [0.15, 0.2) is 72.8 Å². The number of halogens is 18. The summed E-state index contributed by atoms with van der Waals surface area (Å²) in [7, 11) is 0. The van der Waals surface area contributed by atoms with Gasteiger partial charge in [0.25, 0.3) is 0 Å². The van der Waals surface area contributed by atoms with Crippen LogP contribution in [-0.4, -0.2) is 0 Å². The molecule has 4 nitrogen and oxygen atoms in total. The molecule has 0 heterocycles. The Hall–Kier alpha value is -8.04. The molecule has 346 valence electrons. The van der Waals surface area contributed by atoms with Crippen molar-refractivity contribution >= 4 is 43.1 Å². The summed E-state index contributed by atoms with van der Waals surface area (Å²) >= 11 is 0. The fourth-order valence-corrected chi connectivity index (χ4v) is 7.03. The lowest BCUT2D eigenvalue weighted by atomic mass is 10.1. The van der Waals surface area contributed by atoms with Crippen LogP contribution in [0.25, 0.3) is 43.1 Å². The summed E-state index contributed by atoms with van der Waals surface area (Å²) in [6.07, 6.45) is 0. The number of hydrogen-bond donors (Lipinski definition) is 0. The fourth-order valence-electron chi connectivity index (χ4n) is 7.03. The van der Waals surface area contributed by atoms with Gasteiger partial charge in [0.05, 0.1) is 21.5 Å². The van der Waals surface area contributed by atoms with E-state index in [1.807, 2.05) is 0 Å². The average Bonchev–Trinajstić information content (AvgIpc) is 3.33. The Morgan fingerprint density at radius 3 is 0.662 bits per heavy atom. The minimum absolute atomic E-state index is 0.0867. The number of benzene rings is 9. The smallest absolute Gasteiger partial charge is 0.208 e. The molecule has 9 aromatic carbocycles. The van der Waals surface area contributed by atoms with Crippen molar-refractivity contribution in [2.45, 2.75) is 0 Å². The van der Waals surface area contributed by atoms with E-state index in [9.17, 15) is 61.5 Å². The molecule has 0 amide bonds. The standard InChI is InChI=1S/C46H12F18O4/c47-25-21-23(29(51)33(55)31(25)53)43(37(59)35(57)27(21)49)65-17-5-1-13-3-7-19(11-15(13)9-17)67-45-39(61)41(63)46(42(64)40(45)62)68-20-8-4-14-2-6-18(10-16(14)12-20)66-44-24-22(28(50)36(58)38(44)60)26(48)32(54)34(56)30(24)52/h1-12H. The molecule has 22 heteroatoms. The van der Waals surface area contributed by atoms with Gasteiger partial charge in [-0.2, -0.15) is 26.3 Å². The molecule has 0 atom stereocenters. The van der Waals surface area contributed by atoms with Gasteiger partial charge in [-0.05, 0) is 70.1 Å². The predicted octanol–water partition coefficient (Wildman–Crippen LogP) is 16.0. The van der Waals surface area contributed by atoms with E-state index < -0.39 is 172 Å². The van der Waals surface area contributed by atoms with E-state index in [-0.39, 0.29) is 21.5 Å². The highest BCUT2D eigenvalue weighted by Crippen LogP contribution is 2.45. The highest BCUT2D eigenvalue weighted by atomic mass is 19.2. The molecule has 0 aliphatic carbocycles. The van der Waals surface area contributed by atoms with Crippen LogP contribution in [0.1, 0.15) is 0 Å². The normalized spacial score (nSPS) is 11.7. The van der Waals surface area contributed by atoms with Crippen molar-refractivity contribution in [2.24, 2.45) is 0 Å². The SMILES string of the molecule is Fc1c(F)c(Oc2ccc3ccc(Oc4c(F)c(F)c(F)c5c(F)c(F)c(F)c(F)c45)cc3c2)c(F)c(F)c1Oc1ccc2ccc(Oc3c(F)c(F)c(F)c4c(F)c(F)c(F)c(F)c34)cc2c1. The molecule has 0 aliphatic rings.